The molecule has 6 atom stereocenters. The number of hydrogen-bond acceptors (Lipinski definition) is 2. The van der Waals surface area contributed by atoms with Gasteiger partial charge in [0.2, 0.25) is 0 Å². The van der Waals surface area contributed by atoms with E-state index in [0.29, 0.717) is 18.3 Å². The third-order valence-corrected chi connectivity index (χ3v) is 9.57. The molecule has 0 amide bonds. The maximum absolute atomic E-state index is 11.8. The van der Waals surface area contributed by atoms with Crippen molar-refractivity contribution in [1.29, 1.82) is 0 Å². The molecule has 0 heterocycles. The molecule has 118 valence electrons. The first kappa shape index (κ1) is 15.2. The number of fused-ring (bicyclic) bond motifs is 5. The minimum atomic E-state index is -0.245. The van der Waals surface area contributed by atoms with Crippen LogP contribution in [0.3, 0.4) is 0 Å². The average Bonchev–Trinajstić information content (AvgIpc) is 2.75. The van der Waals surface area contributed by atoms with Gasteiger partial charge in [0.25, 0.3) is 0 Å². The molecular formula is C19H24O2W. The molecule has 0 aromatic heterocycles. The third-order valence-electron chi connectivity index (χ3n) is 7.17. The van der Waals surface area contributed by atoms with Gasteiger partial charge < -0.3 is 0 Å². The average molecular weight is 468 g/mol. The Bertz CT molecular complexity index is 619. The number of carbonyl (C=O) groups is 1. The van der Waals surface area contributed by atoms with Crippen molar-refractivity contribution < 1.29 is 29.3 Å². The molecule has 2 fully saturated rings. The number of carbonyl (C=O) groups excluding carboxylic acids is 1. The van der Waals surface area contributed by atoms with Gasteiger partial charge in [0.05, 0.1) is 0 Å². The Hall–Kier alpha value is -0.332. The number of rotatable bonds is 0. The van der Waals surface area contributed by atoms with Gasteiger partial charge in [-0.25, -0.2) is 0 Å². The molecule has 0 aliphatic heterocycles. The van der Waals surface area contributed by atoms with E-state index in [9.17, 15) is 9.90 Å². The fraction of sp³-hybridized carbons (Fsp3) is 0.684. The topological polar surface area (TPSA) is 37.3 Å². The maximum atomic E-state index is 11.8. The van der Waals surface area contributed by atoms with Gasteiger partial charge in [-0.1, -0.05) is 0 Å². The first-order chi connectivity index (χ1) is 10.4. The summed E-state index contributed by atoms with van der Waals surface area (Å²) in [6, 6.07) is 0. The van der Waals surface area contributed by atoms with E-state index in [1.807, 2.05) is 6.08 Å². The predicted molar refractivity (Wildman–Crippen MR) is 83.0 cm³/mol. The predicted octanol–water partition coefficient (Wildman–Crippen LogP) is 2.98. The van der Waals surface area contributed by atoms with Crippen LogP contribution in [0.25, 0.3) is 0 Å². The SMILES string of the molecule is CC12CC(O)C3C(C=CC4=CC(=O)CCC43C)C1CC[C]2=[W]. The van der Waals surface area contributed by atoms with Gasteiger partial charge in [-0.05, 0) is 0 Å². The molecule has 1 N–H and O–H groups in total. The third kappa shape index (κ3) is 1.86. The Morgan fingerprint density at radius 3 is 2.82 bits per heavy atom. The second-order valence-corrected chi connectivity index (χ2v) is 9.97. The van der Waals surface area contributed by atoms with E-state index in [4.69, 9.17) is 0 Å². The molecule has 0 aromatic rings. The van der Waals surface area contributed by atoms with E-state index in [1.54, 1.807) is 23.3 Å². The van der Waals surface area contributed by atoms with E-state index in [-0.39, 0.29) is 28.6 Å². The molecule has 0 saturated heterocycles. The molecule has 4 aliphatic rings. The van der Waals surface area contributed by atoms with Crippen LogP contribution in [0.5, 0.6) is 0 Å². The van der Waals surface area contributed by atoms with Crippen molar-refractivity contribution in [3.8, 4) is 0 Å². The van der Waals surface area contributed by atoms with Crippen molar-refractivity contribution in [1.82, 2.24) is 0 Å². The molecule has 0 aromatic carbocycles. The van der Waals surface area contributed by atoms with Crippen molar-refractivity contribution in [3.63, 3.8) is 0 Å². The van der Waals surface area contributed by atoms with Gasteiger partial charge in [-0.15, -0.1) is 0 Å². The molecule has 0 radical (unpaired) electrons. The Morgan fingerprint density at radius 2 is 2.05 bits per heavy atom. The van der Waals surface area contributed by atoms with Crippen LogP contribution in [0.15, 0.2) is 23.8 Å². The van der Waals surface area contributed by atoms with E-state index >= 15 is 0 Å². The fourth-order valence-electron chi connectivity index (χ4n) is 5.90. The normalized spacial score (nSPS) is 50.2. The monoisotopic (exact) mass is 468 g/mol. The molecule has 6 unspecified atom stereocenters. The van der Waals surface area contributed by atoms with E-state index in [2.05, 4.69) is 26.0 Å². The summed E-state index contributed by atoms with van der Waals surface area (Å²) in [5, 5.41) is 11.1. The summed E-state index contributed by atoms with van der Waals surface area (Å²) in [6.45, 7) is 4.67. The summed E-state index contributed by atoms with van der Waals surface area (Å²) in [5.74, 6) is 1.69. The van der Waals surface area contributed by atoms with Crippen molar-refractivity contribution in [2.45, 2.75) is 52.1 Å². The summed E-state index contributed by atoms with van der Waals surface area (Å²) in [6.07, 6.45) is 11.1. The summed E-state index contributed by atoms with van der Waals surface area (Å²) in [7, 11) is 0. The molecule has 4 rings (SSSR count). The zero-order valence-electron chi connectivity index (χ0n) is 13.3. The van der Waals surface area contributed by atoms with Gasteiger partial charge in [0.15, 0.2) is 0 Å². The van der Waals surface area contributed by atoms with Crippen molar-refractivity contribution in [2.24, 2.45) is 28.6 Å². The Labute approximate surface area is 143 Å². The second kappa shape index (κ2) is 4.83. The summed E-state index contributed by atoms with van der Waals surface area (Å²) < 4.78 is 1.66. The van der Waals surface area contributed by atoms with Crippen molar-refractivity contribution >= 4 is 9.68 Å². The molecule has 0 bridgehead atoms. The number of aliphatic hydroxyl groups excluding tert-OH is 1. The van der Waals surface area contributed by atoms with Crippen LogP contribution in [-0.4, -0.2) is 20.9 Å². The number of hydrogen-bond donors (Lipinski definition) is 1. The summed E-state index contributed by atoms with van der Waals surface area (Å²) in [4.78, 5) is 11.8. The standard InChI is InChI=1S/C19H24O2.W/c1-18-8-3-4-15(18)14-6-5-12-10-13(20)7-9-19(12,2)17(14)16(21)11-18;/h5-6,10,14-17,21H,3-4,7,9,11H2,1-2H3;. The molecule has 2 saturated carbocycles. The van der Waals surface area contributed by atoms with Gasteiger partial charge in [-0.2, -0.15) is 0 Å². The summed E-state index contributed by atoms with van der Waals surface area (Å²) >= 11 is 1.61. The fourth-order valence-corrected chi connectivity index (χ4v) is 7.17. The van der Waals surface area contributed by atoms with Crippen LogP contribution in [-0.2, 0) is 24.1 Å². The number of allylic oxidation sites excluding steroid dienone is 4. The minimum absolute atomic E-state index is 0.0164. The van der Waals surface area contributed by atoms with E-state index in [1.165, 1.54) is 12.8 Å². The second-order valence-electron chi connectivity index (χ2n) is 8.20. The Morgan fingerprint density at radius 1 is 1.27 bits per heavy atom. The number of aliphatic hydroxyl groups is 1. The van der Waals surface area contributed by atoms with Crippen LogP contribution in [0.2, 0.25) is 0 Å². The Kier molecular flexibility index (Phi) is 3.34. The van der Waals surface area contributed by atoms with Crippen LogP contribution in [0.1, 0.15) is 46.0 Å². The quantitative estimate of drug-likeness (QED) is 0.594. The molecular weight excluding hydrogens is 444 g/mol. The van der Waals surface area contributed by atoms with Gasteiger partial charge in [0.1, 0.15) is 0 Å². The van der Waals surface area contributed by atoms with Crippen LogP contribution in [0.4, 0.5) is 0 Å². The van der Waals surface area contributed by atoms with E-state index in [0.717, 1.165) is 18.4 Å². The van der Waals surface area contributed by atoms with Gasteiger partial charge >= 0.3 is 143 Å². The van der Waals surface area contributed by atoms with Crippen LogP contribution in [0, 0.1) is 28.6 Å². The van der Waals surface area contributed by atoms with Gasteiger partial charge in [-0.3, -0.25) is 0 Å². The summed E-state index contributed by atoms with van der Waals surface area (Å²) in [5.41, 5.74) is 1.39. The molecule has 0 spiro atoms. The first-order valence-corrected chi connectivity index (χ1v) is 9.97. The van der Waals surface area contributed by atoms with Crippen molar-refractivity contribution in [2.75, 3.05) is 0 Å². The van der Waals surface area contributed by atoms with Crippen LogP contribution < -0.4 is 0 Å². The van der Waals surface area contributed by atoms with E-state index < -0.39 is 0 Å². The van der Waals surface area contributed by atoms with Crippen molar-refractivity contribution in [3.05, 3.63) is 23.8 Å². The first-order valence-electron chi connectivity index (χ1n) is 8.51. The molecule has 22 heavy (non-hydrogen) atoms. The molecule has 4 aliphatic carbocycles. The number of ketones is 1. The zero-order valence-corrected chi connectivity index (χ0v) is 16.3. The Balaban J connectivity index is 1.81. The molecule has 2 nitrogen and oxygen atoms in total. The van der Waals surface area contributed by atoms with Gasteiger partial charge in [0, 0.05) is 0 Å². The molecule has 3 heteroatoms. The zero-order chi connectivity index (χ0) is 15.7. The van der Waals surface area contributed by atoms with Crippen LogP contribution >= 0.6 is 0 Å².